The van der Waals surface area contributed by atoms with Gasteiger partial charge in [0.05, 0.1) is 6.54 Å². The summed E-state index contributed by atoms with van der Waals surface area (Å²) in [5.74, 6) is -3.56. The Balaban J connectivity index is 1.47. The zero-order valence-corrected chi connectivity index (χ0v) is 21.1. The minimum absolute atomic E-state index is 0.0354. The van der Waals surface area contributed by atoms with E-state index in [1.54, 1.807) is 4.90 Å². The molecule has 0 bridgehead atoms. The quantitative estimate of drug-likeness (QED) is 0.537. The normalized spacial score (nSPS) is 21.1. The van der Waals surface area contributed by atoms with Crippen molar-refractivity contribution in [1.29, 1.82) is 0 Å². The summed E-state index contributed by atoms with van der Waals surface area (Å²) in [5.41, 5.74) is -1.19. The van der Waals surface area contributed by atoms with Crippen LogP contribution in [0.4, 0.5) is 8.78 Å². The number of halogens is 2. The first-order valence-electron chi connectivity index (χ1n) is 12.4. The fraction of sp³-hybridized carbons (Fsp3) is 0.321. The van der Waals surface area contributed by atoms with Crippen LogP contribution < -0.4 is 10.7 Å². The first kappa shape index (κ1) is 25.6. The number of pyridine rings is 1. The Morgan fingerprint density at radius 3 is 2.58 bits per heavy atom. The molecule has 3 aromatic rings. The molecule has 5 rings (SSSR count). The number of hydrogen-bond acceptors (Lipinski definition) is 5. The SMILES string of the molecule is C[C@H]1CN(Cc2ccccc2)C2(C)Cn3cc(C(=O)NCc4ccc(F)cc4F)c(=O)c(O)c3C(=O)N2C1. The van der Waals surface area contributed by atoms with Gasteiger partial charge in [-0.1, -0.05) is 43.3 Å². The molecule has 38 heavy (non-hydrogen) atoms. The van der Waals surface area contributed by atoms with Gasteiger partial charge in [-0.25, -0.2) is 8.78 Å². The zero-order valence-electron chi connectivity index (χ0n) is 21.1. The Morgan fingerprint density at radius 1 is 1.13 bits per heavy atom. The third kappa shape index (κ3) is 4.45. The lowest BCUT2D eigenvalue weighted by molar-refractivity contribution is -0.0982. The molecule has 2 aromatic carbocycles. The van der Waals surface area contributed by atoms with Crippen LogP contribution in [0.3, 0.4) is 0 Å². The Kier molecular flexibility index (Phi) is 6.52. The number of nitrogens with zero attached hydrogens (tertiary/aromatic N) is 3. The third-order valence-corrected chi connectivity index (χ3v) is 7.38. The molecule has 2 aliphatic heterocycles. The maximum atomic E-state index is 14.0. The predicted octanol–water partition coefficient (Wildman–Crippen LogP) is 3.09. The van der Waals surface area contributed by atoms with Crippen LogP contribution in [-0.2, 0) is 19.6 Å². The predicted molar refractivity (Wildman–Crippen MR) is 135 cm³/mol. The summed E-state index contributed by atoms with van der Waals surface area (Å²) in [6.45, 7) is 5.68. The van der Waals surface area contributed by atoms with Crippen LogP contribution in [0.5, 0.6) is 5.75 Å². The Labute approximate surface area is 218 Å². The molecule has 1 aromatic heterocycles. The van der Waals surface area contributed by atoms with Crippen molar-refractivity contribution in [3.05, 3.63) is 99.0 Å². The highest BCUT2D eigenvalue weighted by atomic mass is 19.1. The van der Waals surface area contributed by atoms with Crippen molar-refractivity contribution in [2.24, 2.45) is 5.92 Å². The van der Waals surface area contributed by atoms with Crippen LogP contribution in [-0.4, -0.2) is 50.0 Å². The van der Waals surface area contributed by atoms with E-state index in [0.717, 1.165) is 18.2 Å². The van der Waals surface area contributed by atoms with E-state index in [4.69, 9.17) is 0 Å². The first-order chi connectivity index (χ1) is 18.1. The van der Waals surface area contributed by atoms with Crippen molar-refractivity contribution in [2.75, 3.05) is 13.1 Å². The van der Waals surface area contributed by atoms with E-state index in [0.29, 0.717) is 19.2 Å². The molecule has 0 aliphatic carbocycles. The second-order valence-electron chi connectivity index (χ2n) is 10.2. The van der Waals surface area contributed by atoms with E-state index in [-0.39, 0.29) is 35.8 Å². The molecule has 3 heterocycles. The lowest BCUT2D eigenvalue weighted by Gasteiger charge is -2.56. The van der Waals surface area contributed by atoms with Crippen LogP contribution in [0.2, 0.25) is 0 Å². The molecular formula is C28H28F2N4O4. The van der Waals surface area contributed by atoms with Gasteiger partial charge in [-0.3, -0.25) is 19.3 Å². The van der Waals surface area contributed by atoms with E-state index in [2.05, 4.69) is 10.2 Å². The van der Waals surface area contributed by atoms with Gasteiger partial charge in [-0.15, -0.1) is 0 Å². The number of carbonyl (C=O) groups is 2. The molecule has 1 unspecified atom stereocenters. The van der Waals surface area contributed by atoms with Crippen LogP contribution >= 0.6 is 0 Å². The summed E-state index contributed by atoms with van der Waals surface area (Å²) in [6.07, 6.45) is 1.27. The van der Waals surface area contributed by atoms with Crippen molar-refractivity contribution in [1.82, 2.24) is 19.7 Å². The molecule has 0 spiro atoms. The fourth-order valence-electron chi connectivity index (χ4n) is 5.38. The van der Waals surface area contributed by atoms with Crippen LogP contribution in [0.25, 0.3) is 0 Å². The molecule has 2 N–H and O–H groups in total. The monoisotopic (exact) mass is 522 g/mol. The third-order valence-electron chi connectivity index (χ3n) is 7.38. The number of hydrogen-bond donors (Lipinski definition) is 2. The highest BCUT2D eigenvalue weighted by molar-refractivity contribution is 5.99. The number of rotatable bonds is 5. The molecule has 0 radical (unpaired) electrons. The number of nitrogens with one attached hydrogen (secondary N) is 1. The molecule has 1 fully saturated rings. The second-order valence-corrected chi connectivity index (χ2v) is 10.2. The summed E-state index contributed by atoms with van der Waals surface area (Å²) < 4.78 is 28.6. The molecule has 2 amide bonds. The first-order valence-corrected chi connectivity index (χ1v) is 12.4. The fourth-order valence-corrected chi connectivity index (χ4v) is 5.38. The van der Waals surface area contributed by atoms with Gasteiger partial charge >= 0.3 is 0 Å². The molecule has 2 atom stereocenters. The van der Waals surface area contributed by atoms with Crippen molar-refractivity contribution < 1.29 is 23.5 Å². The lowest BCUT2D eigenvalue weighted by atomic mass is 9.93. The van der Waals surface area contributed by atoms with Crippen LogP contribution in [0.1, 0.15) is 45.8 Å². The summed E-state index contributed by atoms with van der Waals surface area (Å²) in [4.78, 5) is 43.4. The smallest absolute Gasteiger partial charge is 0.276 e. The second kappa shape index (κ2) is 9.68. The number of benzene rings is 2. The number of carbonyl (C=O) groups excluding carboxylic acids is 2. The Hall–Kier alpha value is -4.05. The van der Waals surface area contributed by atoms with Crippen LogP contribution in [0, 0.1) is 17.6 Å². The molecular weight excluding hydrogens is 494 g/mol. The maximum absolute atomic E-state index is 14.0. The average molecular weight is 523 g/mol. The number of aromatic nitrogens is 1. The van der Waals surface area contributed by atoms with E-state index in [1.807, 2.05) is 44.2 Å². The summed E-state index contributed by atoms with van der Waals surface area (Å²) >= 11 is 0. The van der Waals surface area contributed by atoms with Crippen molar-refractivity contribution in [2.45, 2.75) is 39.1 Å². The van der Waals surface area contributed by atoms with Gasteiger partial charge in [-0.05, 0) is 24.5 Å². The minimum atomic E-state index is -0.989. The average Bonchev–Trinajstić information content (AvgIpc) is 2.87. The maximum Gasteiger partial charge on any atom is 0.276 e. The highest BCUT2D eigenvalue weighted by Crippen LogP contribution is 2.37. The van der Waals surface area contributed by atoms with Gasteiger partial charge in [0.25, 0.3) is 11.8 Å². The van der Waals surface area contributed by atoms with Gasteiger partial charge in [0.2, 0.25) is 5.43 Å². The lowest BCUT2D eigenvalue weighted by Crippen LogP contribution is -2.70. The largest absolute Gasteiger partial charge is 0.503 e. The summed E-state index contributed by atoms with van der Waals surface area (Å²) in [6, 6.07) is 12.8. The molecule has 10 heteroatoms. The van der Waals surface area contributed by atoms with Gasteiger partial charge in [-0.2, -0.15) is 0 Å². The number of fused-ring (bicyclic) bond motifs is 2. The van der Waals surface area contributed by atoms with E-state index < -0.39 is 40.3 Å². The van der Waals surface area contributed by atoms with E-state index >= 15 is 0 Å². The molecule has 198 valence electrons. The van der Waals surface area contributed by atoms with E-state index in [9.17, 15) is 28.3 Å². The molecule has 0 saturated carbocycles. The molecule has 8 nitrogen and oxygen atoms in total. The van der Waals surface area contributed by atoms with Crippen LogP contribution in [0.15, 0.2) is 59.5 Å². The topological polar surface area (TPSA) is 94.9 Å². The van der Waals surface area contributed by atoms with Gasteiger partial charge in [0, 0.05) is 44.0 Å². The van der Waals surface area contributed by atoms with Crippen molar-refractivity contribution in [3.8, 4) is 5.75 Å². The molecule has 1 saturated heterocycles. The number of amides is 2. The zero-order chi connectivity index (χ0) is 27.2. The standard InChI is InChI=1S/C28H28F2N4O4/c1-17-12-33(14-18-6-4-3-5-7-18)28(2)16-32-15-21(24(35)25(36)23(32)27(38)34(28)13-17)26(37)31-11-19-8-9-20(29)10-22(19)30/h3-10,15,17,36H,11-14,16H2,1-2H3,(H,31,37)/t17-,28?/m0/s1. The molecule has 2 aliphatic rings. The van der Waals surface area contributed by atoms with Gasteiger partial charge < -0.3 is 19.9 Å². The summed E-state index contributed by atoms with van der Waals surface area (Å²) in [7, 11) is 0. The minimum Gasteiger partial charge on any atom is -0.503 e. The van der Waals surface area contributed by atoms with Gasteiger partial charge in [0.1, 0.15) is 22.9 Å². The number of aromatic hydroxyl groups is 1. The Morgan fingerprint density at radius 2 is 1.87 bits per heavy atom. The van der Waals surface area contributed by atoms with E-state index in [1.165, 1.54) is 16.8 Å². The Bertz CT molecular complexity index is 1480. The van der Waals surface area contributed by atoms with Crippen molar-refractivity contribution >= 4 is 11.8 Å². The van der Waals surface area contributed by atoms with Crippen molar-refractivity contribution in [3.63, 3.8) is 0 Å². The van der Waals surface area contributed by atoms with Gasteiger partial charge in [0.15, 0.2) is 11.4 Å². The summed E-state index contributed by atoms with van der Waals surface area (Å²) in [5, 5.41) is 13.2. The highest BCUT2D eigenvalue weighted by Gasteiger charge is 2.50.